The molecule has 0 unspecified atom stereocenters. The molecule has 0 saturated carbocycles. The van der Waals surface area contributed by atoms with Gasteiger partial charge in [0.25, 0.3) is 5.91 Å². The summed E-state index contributed by atoms with van der Waals surface area (Å²) in [6.45, 7) is 1.74. The van der Waals surface area contributed by atoms with Gasteiger partial charge in [-0.25, -0.2) is 4.68 Å². The fourth-order valence-electron chi connectivity index (χ4n) is 4.03. The lowest BCUT2D eigenvalue weighted by molar-refractivity contribution is -0.0605. The van der Waals surface area contributed by atoms with E-state index in [0.29, 0.717) is 25.3 Å². The van der Waals surface area contributed by atoms with E-state index in [2.05, 4.69) is 10.3 Å². The van der Waals surface area contributed by atoms with Gasteiger partial charge in [0.05, 0.1) is 30.6 Å². The van der Waals surface area contributed by atoms with E-state index >= 15 is 0 Å². The van der Waals surface area contributed by atoms with Crippen LogP contribution in [0.5, 0.6) is 5.75 Å². The number of nitrogens with zero attached hydrogens (tertiary/aromatic N) is 4. The van der Waals surface area contributed by atoms with Gasteiger partial charge in [0.2, 0.25) is 0 Å². The summed E-state index contributed by atoms with van der Waals surface area (Å²) in [6, 6.07) is 14.6. The van der Waals surface area contributed by atoms with Crippen molar-refractivity contribution < 1.29 is 14.6 Å². The Morgan fingerprint density at radius 1 is 1.14 bits per heavy atom. The lowest BCUT2D eigenvalue weighted by Gasteiger charge is -2.41. The van der Waals surface area contributed by atoms with Gasteiger partial charge in [0, 0.05) is 18.7 Å². The van der Waals surface area contributed by atoms with Crippen molar-refractivity contribution >= 4 is 5.91 Å². The number of benzene rings is 2. The van der Waals surface area contributed by atoms with Gasteiger partial charge in [-0.05, 0) is 41.8 Å². The molecule has 0 bridgehead atoms. The predicted molar refractivity (Wildman–Crippen MR) is 102 cm³/mol. The highest BCUT2D eigenvalue weighted by Crippen LogP contribution is 2.31. The van der Waals surface area contributed by atoms with Crippen molar-refractivity contribution in [1.82, 2.24) is 19.9 Å². The lowest BCUT2D eigenvalue weighted by Crippen LogP contribution is -2.49. The maximum atomic E-state index is 13.2. The van der Waals surface area contributed by atoms with E-state index in [0.717, 1.165) is 23.2 Å². The van der Waals surface area contributed by atoms with E-state index in [-0.39, 0.29) is 23.8 Å². The zero-order valence-electron chi connectivity index (χ0n) is 15.2. The van der Waals surface area contributed by atoms with Crippen molar-refractivity contribution in [2.24, 2.45) is 0 Å². The second-order valence-corrected chi connectivity index (χ2v) is 7.25. The van der Waals surface area contributed by atoms with Crippen LogP contribution in [0.4, 0.5) is 0 Å². The standard InChI is InChI=1S/C21H20N4O3/c26-18-6-4-14(5-7-18)15-2-1-3-16(10-15)21(27)24-9-8-20-19(12-24)25-17(13-28-20)11-22-23-25/h1-7,10-11,19-20,26H,8-9,12-13H2/t19-,20-/m0/s1. The first kappa shape index (κ1) is 16.9. The summed E-state index contributed by atoms with van der Waals surface area (Å²) in [5, 5.41) is 17.7. The Balaban J connectivity index is 1.39. The van der Waals surface area contributed by atoms with Crippen LogP contribution in [-0.2, 0) is 11.3 Å². The number of carbonyl (C=O) groups is 1. The predicted octanol–water partition coefficient (Wildman–Crippen LogP) is 2.64. The molecule has 2 aliphatic rings. The third-order valence-corrected chi connectivity index (χ3v) is 5.53. The fraction of sp³-hybridized carbons (Fsp3) is 0.286. The first-order valence-electron chi connectivity index (χ1n) is 9.38. The highest BCUT2D eigenvalue weighted by Gasteiger charge is 2.38. The van der Waals surface area contributed by atoms with Crippen LogP contribution in [0.2, 0.25) is 0 Å². The van der Waals surface area contributed by atoms with Gasteiger partial charge in [-0.1, -0.05) is 29.5 Å². The van der Waals surface area contributed by atoms with Gasteiger partial charge in [-0.2, -0.15) is 0 Å². The molecule has 2 aliphatic heterocycles. The molecule has 0 aliphatic carbocycles. The average Bonchev–Trinajstić information content (AvgIpc) is 3.23. The van der Waals surface area contributed by atoms with Crippen molar-refractivity contribution in [3.63, 3.8) is 0 Å². The number of phenols is 1. The molecular weight excluding hydrogens is 356 g/mol. The molecule has 0 spiro atoms. The first-order valence-corrected chi connectivity index (χ1v) is 9.38. The average molecular weight is 376 g/mol. The van der Waals surface area contributed by atoms with E-state index in [4.69, 9.17) is 4.74 Å². The Bertz CT molecular complexity index is 1010. The first-order chi connectivity index (χ1) is 13.7. The third-order valence-electron chi connectivity index (χ3n) is 5.53. The summed E-state index contributed by atoms with van der Waals surface area (Å²) in [6.07, 6.45) is 2.58. The number of rotatable bonds is 2. The summed E-state index contributed by atoms with van der Waals surface area (Å²) in [5.41, 5.74) is 3.50. The molecule has 3 aromatic rings. The number of aromatic hydroxyl groups is 1. The van der Waals surface area contributed by atoms with Crippen molar-refractivity contribution in [3.8, 4) is 16.9 Å². The number of hydrogen-bond acceptors (Lipinski definition) is 5. The molecule has 7 heteroatoms. The second-order valence-electron chi connectivity index (χ2n) is 7.25. The molecule has 3 heterocycles. The van der Waals surface area contributed by atoms with E-state index in [1.54, 1.807) is 18.3 Å². The highest BCUT2D eigenvalue weighted by atomic mass is 16.5. The number of hydrogen-bond donors (Lipinski definition) is 1. The molecule has 142 valence electrons. The summed E-state index contributed by atoms with van der Waals surface area (Å²) >= 11 is 0. The number of ether oxygens (including phenoxy) is 1. The zero-order valence-corrected chi connectivity index (χ0v) is 15.2. The quantitative estimate of drug-likeness (QED) is 0.744. The Morgan fingerprint density at radius 3 is 2.86 bits per heavy atom. The topological polar surface area (TPSA) is 80.5 Å². The molecular formula is C21H20N4O3. The monoisotopic (exact) mass is 376 g/mol. The number of likely N-dealkylation sites (tertiary alicyclic amines) is 1. The van der Waals surface area contributed by atoms with E-state index in [1.807, 2.05) is 46.0 Å². The van der Waals surface area contributed by atoms with E-state index < -0.39 is 0 Å². The summed E-state index contributed by atoms with van der Waals surface area (Å²) < 4.78 is 7.83. The summed E-state index contributed by atoms with van der Waals surface area (Å²) in [7, 11) is 0. The smallest absolute Gasteiger partial charge is 0.253 e. The SMILES string of the molecule is O=C(c1cccc(-c2ccc(O)cc2)c1)N1CC[C@@H]2OCc3cnnn3[C@H]2C1. The van der Waals surface area contributed by atoms with Crippen LogP contribution >= 0.6 is 0 Å². The molecule has 1 amide bonds. The lowest BCUT2D eigenvalue weighted by atomic mass is 9.98. The molecule has 2 aromatic carbocycles. The van der Waals surface area contributed by atoms with E-state index in [9.17, 15) is 9.90 Å². The van der Waals surface area contributed by atoms with Crippen molar-refractivity contribution in [2.45, 2.75) is 25.2 Å². The van der Waals surface area contributed by atoms with Crippen LogP contribution < -0.4 is 0 Å². The second kappa shape index (κ2) is 6.76. The molecule has 1 N–H and O–H groups in total. The minimum Gasteiger partial charge on any atom is -0.508 e. The molecule has 0 radical (unpaired) electrons. The van der Waals surface area contributed by atoms with Crippen LogP contribution in [-0.4, -0.2) is 50.1 Å². The largest absolute Gasteiger partial charge is 0.508 e. The number of phenolic OH excluding ortho intramolecular Hbond substituents is 1. The fourth-order valence-corrected chi connectivity index (χ4v) is 4.03. The van der Waals surface area contributed by atoms with Gasteiger partial charge in [-0.3, -0.25) is 4.79 Å². The molecule has 5 rings (SSSR count). The van der Waals surface area contributed by atoms with Gasteiger partial charge in [-0.15, -0.1) is 5.10 Å². The summed E-state index contributed by atoms with van der Waals surface area (Å²) in [4.78, 5) is 15.0. The maximum Gasteiger partial charge on any atom is 0.253 e. The molecule has 28 heavy (non-hydrogen) atoms. The van der Waals surface area contributed by atoms with Crippen molar-refractivity contribution in [1.29, 1.82) is 0 Å². The van der Waals surface area contributed by atoms with Crippen LogP contribution in [0.15, 0.2) is 54.7 Å². The minimum atomic E-state index is 0.00392. The number of aromatic nitrogens is 3. The number of fused-ring (bicyclic) bond motifs is 3. The third kappa shape index (κ3) is 2.93. The number of carbonyl (C=O) groups excluding carboxylic acids is 1. The molecule has 1 saturated heterocycles. The maximum absolute atomic E-state index is 13.2. The van der Waals surface area contributed by atoms with Gasteiger partial charge < -0.3 is 14.7 Å². The normalized spacial score (nSPS) is 21.1. The molecule has 7 nitrogen and oxygen atoms in total. The molecule has 1 aromatic heterocycles. The Labute approximate surface area is 162 Å². The molecule has 1 fully saturated rings. The Hall–Kier alpha value is -3.19. The summed E-state index contributed by atoms with van der Waals surface area (Å²) in [5.74, 6) is 0.229. The molecule has 2 atom stereocenters. The zero-order chi connectivity index (χ0) is 19.1. The minimum absolute atomic E-state index is 0.00392. The number of piperidine rings is 1. The van der Waals surface area contributed by atoms with Gasteiger partial charge in [0.1, 0.15) is 5.75 Å². The van der Waals surface area contributed by atoms with Crippen molar-refractivity contribution in [3.05, 3.63) is 66.0 Å². The van der Waals surface area contributed by atoms with Crippen molar-refractivity contribution in [2.75, 3.05) is 13.1 Å². The van der Waals surface area contributed by atoms with Crippen LogP contribution in [0.1, 0.15) is 28.5 Å². The van der Waals surface area contributed by atoms with Crippen LogP contribution in [0.3, 0.4) is 0 Å². The van der Waals surface area contributed by atoms with Crippen LogP contribution in [0, 0.1) is 0 Å². The van der Waals surface area contributed by atoms with E-state index in [1.165, 1.54) is 0 Å². The van der Waals surface area contributed by atoms with Gasteiger partial charge >= 0.3 is 0 Å². The highest BCUT2D eigenvalue weighted by molar-refractivity contribution is 5.95. The van der Waals surface area contributed by atoms with Crippen LogP contribution in [0.25, 0.3) is 11.1 Å². The van der Waals surface area contributed by atoms with Gasteiger partial charge in [0.15, 0.2) is 0 Å². The Kier molecular flexibility index (Phi) is 4.09. The Morgan fingerprint density at radius 2 is 2.00 bits per heavy atom. The number of amides is 1.